The summed E-state index contributed by atoms with van der Waals surface area (Å²) in [6.07, 6.45) is 2.16. The SMILES string of the molecule is CC(C)(C)OC(=O)N1CCC(Nc2cnn(C(=O)O)c2)C1. The van der Waals surface area contributed by atoms with E-state index < -0.39 is 11.7 Å². The van der Waals surface area contributed by atoms with Crippen molar-refractivity contribution in [2.75, 3.05) is 18.4 Å². The van der Waals surface area contributed by atoms with Crippen molar-refractivity contribution in [2.45, 2.75) is 38.8 Å². The summed E-state index contributed by atoms with van der Waals surface area (Å²) in [6, 6.07) is 0.0592. The number of carbonyl (C=O) groups is 2. The van der Waals surface area contributed by atoms with Gasteiger partial charge in [0.2, 0.25) is 0 Å². The van der Waals surface area contributed by atoms with Gasteiger partial charge in [0, 0.05) is 19.1 Å². The Morgan fingerprint density at radius 1 is 1.48 bits per heavy atom. The number of likely N-dealkylation sites (tertiary alicyclic amines) is 1. The highest BCUT2D eigenvalue weighted by atomic mass is 16.6. The summed E-state index contributed by atoms with van der Waals surface area (Å²) in [5, 5.41) is 15.7. The van der Waals surface area contributed by atoms with Gasteiger partial charge < -0.3 is 20.1 Å². The number of rotatable bonds is 2. The van der Waals surface area contributed by atoms with Crippen molar-refractivity contribution in [3.63, 3.8) is 0 Å². The fourth-order valence-electron chi connectivity index (χ4n) is 2.11. The maximum absolute atomic E-state index is 11.9. The first-order valence-corrected chi connectivity index (χ1v) is 6.77. The van der Waals surface area contributed by atoms with Crippen LogP contribution in [-0.2, 0) is 4.74 Å². The molecule has 1 aromatic rings. The highest BCUT2D eigenvalue weighted by Crippen LogP contribution is 2.18. The second kappa shape index (κ2) is 5.63. The molecule has 0 saturated carbocycles. The van der Waals surface area contributed by atoms with Gasteiger partial charge in [-0.25, -0.2) is 9.59 Å². The quantitative estimate of drug-likeness (QED) is 0.864. The van der Waals surface area contributed by atoms with E-state index in [4.69, 9.17) is 9.84 Å². The Balaban J connectivity index is 1.87. The summed E-state index contributed by atoms with van der Waals surface area (Å²) in [4.78, 5) is 24.3. The van der Waals surface area contributed by atoms with Crippen LogP contribution in [0.5, 0.6) is 0 Å². The van der Waals surface area contributed by atoms with Gasteiger partial charge in [-0.2, -0.15) is 9.78 Å². The van der Waals surface area contributed by atoms with Crippen molar-refractivity contribution in [1.29, 1.82) is 0 Å². The van der Waals surface area contributed by atoms with E-state index in [0.29, 0.717) is 18.8 Å². The lowest BCUT2D eigenvalue weighted by Gasteiger charge is -2.24. The Morgan fingerprint density at radius 2 is 2.19 bits per heavy atom. The van der Waals surface area contributed by atoms with Gasteiger partial charge in [0.25, 0.3) is 0 Å². The number of aromatic nitrogens is 2. The molecule has 2 heterocycles. The van der Waals surface area contributed by atoms with E-state index in [1.165, 1.54) is 12.4 Å². The van der Waals surface area contributed by atoms with Crippen LogP contribution < -0.4 is 5.32 Å². The van der Waals surface area contributed by atoms with Gasteiger partial charge >= 0.3 is 12.2 Å². The Morgan fingerprint density at radius 3 is 2.76 bits per heavy atom. The Kier molecular flexibility index (Phi) is 4.06. The van der Waals surface area contributed by atoms with Crippen molar-refractivity contribution < 1.29 is 19.4 Å². The summed E-state index contributed by atoms with van der Waals surface area (Å²) in [6.45, 7) is 6.62. The number of ether oxygens (including phenoxy) is 1. The molecular weight excluding hydrogens is 276 g/mol. The standard InChI is InChI=1S/C13H20N4O4/c1-13(2,3)21-12(20)16-5-4-9(7-16)15-10-6-14-17(8-10)11(18)19/h6,8-9,15H,4-5,7H2,1-3H3,(H,18,19). The topological polar surface area (TPSA) is 96.7 Å². The first-order valence-electron chi connectivity index (χ1n) is 6.77. The van der Waals surface area contributed by atoms with Crippen molar-refractivity contribution in [3.05, 3.63) is 12.4 Å². The summed E-state index contributed by atoms with van der Waals surface area (Å²) in [7, 11) is 0. The lowest BCUT2D eigenvalue weighted by molar-refractivity contribution is 0.0293. The predicted molar refractivity (Wildman–Crippen MR) is 75.5 cm³/mol. The number of anilines is 1. The molecule has 2 N–H and O–H groups in total. The van der Waals surface area contributed by atoms with Crippen molar-refractivity contribution >= 4 is 17.9 Å². The molecule has 1 atom stereocenters. The molecule has 1 aliphatic heterocycles. The number of amides is 1. The second-order valence-electron chi connectivity index (χ2n) is 6.01. The highest BCUT2D eigenvalue weighted by molar-refractivity contribution is 5.69. The lowest BCUT2D eigenvalue weighted by Crippen LogP contribution is -2.36. The molecule has 0 radical (unpaired) electrons. The van der Waals surface area contributed by atoms with Crippen LogP contribution in [0.1, 0.15) is 27.2 Å². The molecular formula is C13H20N4O4. The summed E-state index contributed by atoms with van der Waals surface area (Å²) in [5.41, 5.74) is 0.110. The molecule has 8 nitrogen and oxygen atoms in total. The van der Waals surface area contributed by atoms with Crippen LogP contribution in [0.2, 0.25) is 0 Å². The Bertz CT molecular complexity index is 535. The van der Waals surface area contributed by atoms with Crippen LogP contribution >= 0.6 is 0 Å². The zero-order valence-electron chi connectivity index (χ0n) is 12.4. The number of hydrogen-bond acceptors (Lipinski definition) is 5. The molecule has 21 heavy (non-hydrogen) atoms. The van der Waals surface area contributed by atoms with E-state index in [2.05, 4.69) is 10.4 Å². The van der Waals surface area contributed by atoms with Crippen molar-refractivity contribution in [3.8, 4) is 0 Å². The molecule has 1 fully saturated rings. The zero-order chi connectivity index (χ0) is 15.6. The van der Waals surface area contributed by atoms with Gasteiger partial charge in [0.15, 0.2) is 0 Å². The molecule has 2 rings (SSSR count). The minimum Gasteiger partial charge on any atom is -0.463 e. The molecule has 0 aromatic carbocycles. The van der Waals surface area contributed by atoms with Gasteiger partial charge in [-0.15, -0.1) is 0 Å². The molecule has 1 aromatic heterocycles. The summed E-state index contributed by atoms with van der Waals surface area (Å²) >= 11 is 0. The lowest BCUT2D eigenvalue weighted by atomic mass is 10.2. The minimum absolute atomic E-state index is 0.0592. The summed E-state index contributed by atoms with van der Waals surface area (Å²) < 4.78 is 6.16. The second-order valence-corrected chi connectivity index (χ2v) is 6.01. The summed E-state index contributed by atoms with van der Waals surface area (Å²) in [5.74, 6) is 0. The van der Waals surface area contributed by atoms with Crippen LogP contribution in [0.15, 0.2) is 12.4 Å². The average Bonchev–Trinajstić information content (AvgIpc) is 2.96. The fourth-order valence-corrected chi connectivity index (χ4v) is 2.11. The Labute approximate surface area is 122 Å². The van der Waals surface area contributed by atoms with Crippen molar-refractivity contribution in [1.82, 2.24) is 14.7 Å². The molecule has 0 aliphatic carbocycles. The van der Waals surface area contributed by atoms with Crippen LogP contribution in [0.25, 0.3) is 0 Å². The molecule has 8 heteroatoms. The van der Waals surface area contributed by atoms with Gasteiger partial charge in [0.05, 0.1) is 18.1 Å². The first kappa shape index (κ1) is 15.1. The normalized spacial score (nSPS) is 18.6. The van der Waals surface area contributed by atoms with Crippen LogP contribution in [-0.4, -0.2) is 56.7 Å². The molecule has 1 saturated heterocycles. The third-order valence-electron chi connectivity index (χ3n) is 2.99. The molecule has 1 unspecified atom stereocenters. The highest BCUT2D eigenvalue weighted by Gasteiger charge is 2.29. The fraction of sp³-hybridized carbons (Fsp3) is 0.615. The number of nitrogens with one attached hydrogen (secondary N) is 1. The maximum Gasteiger partial charge on any atom is 0.432 e. The number of hydrogen-bond donors (Lipinski definition) is 2. The van der Waals surface area contributed by atoms with E-state index >= 15 is 0 Å². The average molecular weight is 296 g/mol. The van der Waals surface area contributed by atoms with Crippen molar-refractivity contribution in [2.24, 2.45) is 0 Å². The van der Waals surface area contributed by atoms with E-state index in [1.807, 2.05) is 20.8 Å². The Hall–Kier alpha value is -2.25. The number of carboxylic acid groups (broad SMARTS) is 1. The van der Waals surface area contributed by atoms with E-state index in [-0.39, 0.29) is 12.1 Å². The maximum atomic E-state index is 11.9. The molecule has 116 valence electrons. The van der Waals surface area contributed by atoms with Crippen LogP contribution in [0.4, 0.5) is 15.3 Å². The van der Waals surface area contributed by atoms with Gasteiger partial charge in [-0.05, 0) is 27.2 Å². The molecule has 1 aliphatic rings. The smallest absolute Gasteiger partial charge is 0.432 e. The third-order valence-corrected chi connectivity index (χ3v) is 2.99. The van der Waals surface area contributed by atoms with E-state index in [1.54, 1.807) is 4.90 Å². The monoisotopic (exact) mass is 296 g/mol. The molecule has 1 amide bonds. The van der Waals surface area contributed by atoms with Gasteiger partial charge in [-0.3, -0.25) is 0 Å². The number of carbonyl (C=O) groups excluding carboxylic acids is 1. The van der Waals surface area contributed by atoms with Crippen LogP contribution in [0.3, 0.4) is 0 Å². The van der Waals surface area contributed by atoms with Gasteiger partial charge in [0.1, 0.15) is 5.60 Å². The van der Waals surface area contributed by atoms with E-state index in [0.717, 1.165) is 11.1 Å². The first-order chi connectivity index (χ1) is 9.74. The largest absolute Gasteiger partial charge is 0.463 e. The predicted octanol–water partition coefficient (Wildman–Crippen LogP) is 1.83. The molecule has 0 bridgehead atoms. The zero-order valence-corrected chi connectivity index (χ0v) is 12.4. The van der Waals surface area contributed by atoms with Gasteiger partial charge in [-0.1, -0.05) is 0 Å². The van der Waals surface area contributed by atoms with Crippen LogP contribution in [0, 0.1) is 0 Å². The number of nitrogens with zero attached hydrogens (tertiary/aromatic N) is 3. The van der Waals surface area contributed by atoms with E-state index in [9.17, 15) is 9.59 Å². The molecule has 0 spiro atoms. The minimum atomic E-state index is -1.13. The third kappa shape index (κ3) is 4.11.